The Morgan fingerprint density at radius 3 is 1.40 bits per heavy atom. The maximum Gasteiger partial charge on any atom is 0.150 e. The lowest BCUT2D eigenvalue weighted by Gasteiger charge is -2.35. The van der Waals surface area contributed by atoms with Crippen LogP contribution in [0.2, 0.25) is 0 Å². The van der Waals surface area contributed by atoms with Gasteiger partial charge in [-0.15, -0.1) is 0 Å². The molecule has 0 N–H and O–H groups in total. The van der Waals surface area contributed by atoms with Gasteiger partial charge in [-0.2, -0.15) is 0 Å². The molecule has 1 unspecified atom stereocenters. The highest BCUT2D eigenvalue weighted by Crippen LogP contribution is 2.57. The molecule has 0 bridgehead atoms. The molecule has 0 saturated carbocycles. The lowest BCUT2D eigenvalue weighted by Crippen LogP contribution is -2.31. The van der Waals surface area contributed by atoms with Crippen LogP contribution < -0.4 is 21.2 Å². The van der Waals surface area contributed by atoms with Crippen molar-refractivity contribution in [1.82, 2.24) is 0 Å². The Balaban J connectivity index is 1.64. The zero-order valence-corrected chi connectivity index (χ0v) is 21.5. The van der Waals surface area contributed by atoms with Gasteiger partial charge in [-0.05, 0) is 19.3 Å². The molecule has 1 atom stereocenters. The molecule has 0 amide bonds. The molecule has 0 radical (unpaired) electrons. The highest BCUT2D eigenvalue weighted by atomic mass is 31.2. The van der Waals surface area contributed by atoms with Crippen LogP contribution in [0.3, 0.4) is 0 Å². The second-order valence-corrected chi connectivity index (χ2v) is 14.9. The van der Waals surface area contributed by atoms with Crippen LogP contribution >= 0.6 is 14.3 Å². The Labute approximate surface area is 208 Å². The van der Waals surface area contributed by atoms with Crippen LogP contribution in [0, 0.1) is 0 Å². The van der Waals surface area contributed by atoms with Gasteiger partial charge in [-0.1, -0.05) is 133 Å². The van der Waals surface area contributed by atoms with E-state index in [2.05, 4.69) is 6.08 Å². The first kappa shape index (κ1) is 23.8. The molecule has 4 aromatic rings. The minimum absolute atomic E-state index is 0.165. The maximum atomic E-state index is 15.2. The molecule has 35 heavy (non-hydrogen) atoms. The number of benzene rings is 4. The van der Waals surface area contributed by atoms with E-state index in [4.69, 9.17) is 0 Å². The molecule has 5 rings (SSSR count). The van der Waals surface area contributed by atoms with E-state index >= 15 is 4.57 Å². The van der Waals surface area contributed by atoms with Crippen molar-refractivity contribution >= 4 is 35.5 Å². The molecular weight excluding hydrogens is 466 g/mol. The fourth-order valence-corrected chi connectivity index (χ4v) is 11.7. The summed E-state index contributed by atoms with van der Waals surface area (Å²) in [5.74, 6) is 0. The van der Waals surface area contributed by atoms with Gasteiger partial charge >= 0.3 is 0 Å². The number of allylic oxidation sites excluding steroid dienone is 2. The second kappa shape index (κ2) is 10.4. The van der Waals surface area contributed by atoms with Crippen LogP contribution in [0.1, 0.15) is 19.3 Å². The SMILES string of the molecule is O=P(CC1=CCCCC1P(=O)(c1ccccc1)c1ccccc1)(c1ccccc1)c1ccccc1. The van der Waals surface area contributed by atoms with Crippen LogP contribution in [0.25, 0.3) is 0 Å². The molecular formula is C31H30O2P2. The highest BCUT2D eigenvalue weighted by Gasteiger charge is 2.42. The number of hydrogen-bond acceptors (Lipinski definition) is 2. The minimum atomic E-state index is -3.01. The first-order chi connectivity index (χ1) is 17.1. The van der Waals surface area contributed by atoms with Gasteiger partial charge in [0.25, 0.3) is 0 Å². The average Bonchev–Trinajstić information content (AvgIpc) is 2.95. The van der Waals surface area contributed by atoms with E-state index in [1.165, 1.54) is 0 Å². The summed E-state index contributed by atoms with van der Waals surface area (Å²) in [5, 5.41) is 3.45. The highest BCUT2D eigenvalue weighted by molar-refractivity contribution is 7.80. The standard InChI is InChI=1S/C31H30O2P2/c32-34(27-16-5-1-6-17-27,28-18-7-2-8-19-28)25-26-15-13-14-24-31(26)35(33,29-20-9-3-10-21-29)30-22-11-4-12-23-30/h1-12,15-23,31H,13-14,24-25H2. The minimum Gasteiger partial charge on any atom is -0.313 e. The Bertz CT molecular complexity index is 1290. The van der Waals surface area contributed by atoms with Crippen LogP contribution in [0.4, 0.5) is 0 Å². The lowest BCUT2D eigenvalue weighted by atomic mass is 10.0. The predicted octanol–water partition coefficient (Wildman–Crippen LogP) is 6.49. The van der Waals surface area contributed by atoms with E-state index in [0.29, 0.717) is 6.16 Å². The Kier molecular flexibility index (Phi) is 7.05. The molecule has 0 aliphatic heterocycles. The smallest absolute Gasteiger partial charge is 0.150 e. The van der Waals surface area contributed by atoms with Gasteiger partial charge in [0.05, 0.1) is 0 Å². The Hall–Kier alpha value is -2.92. The molecule has 176 valence electrons. The summed E-state index contributed by atoms with van der Waals surface area (Å²) in [6.45, 7) is 0. The van der Waals surface area contributed by atoms with E-state index in [1.54, 1.807) is 0 Å². The zero-order chi connectivity index (χ0) is 24.1. The zero-order valence-electron chi connectivity index (χ0n) is 19.7. The van der Waals surface area contributed by atoms with Crippen molar-refractivity contribution in [3.05, 3.63) is 133 Å². The summed E-state index contributed by atoms with van der Waals surface area (Å²) in [6, 6.07) is 39.4. The van der Waals surface area contributed by atoms with Crippen molar-refractivity contribution in [2.75, 3.05) is 6.16 Å². The van der Waals surface area contributed by atoms with Crippen molar-refractivity contribution in [1.29, 1.82) is 0 Å². The van der Waals surface area contributed by atoms with Crippen LogP contribution in [0.15, 0.2) is 133 Å². The molecule has 0 heterocycles. The lowest BCUT2D eigenvalue weighted by molar-refractivity contribution is 0.570. The molecule has 1 aliphatic rings. The quantitative estimate of drug-likeness (QED) is 0.216. The van der Waals surface area contributed by atoms with Crippen LogP contribution in [-0.4, -0.2) is 11.8 Å². The normalized spacial score (nSPS) is 16.5. The molecule has 4 aromatic carbocycles. The summed E-state index contributed by atoms with van der Waals surface area (Å²) >= 11 is 0. The topological polar surface area (TPSA) is 34.1 Å². The predicted molar refractivity (Wildman–Crippen MR) is 150 cm³/mol. The van der Waals surface area contributed by atoms with Gasteiger partial charge in [0.1, 0.15) is 14.3 Å². The first-order valence-corrected chi connectivity index (χ1v) is 15.9. The van der Waals surface area contributed by atoms with E-state index in [-0.39, 0.29) is 5.66 Å². The Morgan fingerprint density at radius 1 is 0.571 bits per heavy atom. The summed E-state index contributed by atoms with van der Waals surface area (Å²) < 4.78 is 30.1. The van der Waals surface area contributed by atoms with E-state index in [0.717, 1.165) is 46.1 Å². The third kappa shape index (κ3) is 4.66. The molecule has 0 saturated heterocycles. The third-order valence-electron chi connectivity index (χ3n) is 6.99. The van der Waals surface area contributed by atoms with E-state index in [1.807, 2.05) is 121 Å². The molecule has 2 nitrogen and oxygen atoms in total. The number of rotatable bonds is 7. The van der Waals surface area contributed by atoms with Crippen LogP contribution in [-0.2, 0) is 9.13 Å². The molecule has 4 heteroatoms. The largest absolute Gasteiger partial charge is 0.313 e. The number of hydrogen-bond donors (Lipinski definition) is 0. The second-order valence-electron chi connectivity index (χ2n) is 9.12. The summed E-state index contributed by atoms with van der Waals surface area (Å²) in [5.41, 5.74) is 0.908. The average molecular weight is 497 g/mol. The van der Waals surface area contributed by atoms with Crippen LogP contribution in [0.5, 0.6) is 0 Å². The van der Waals surface area contributed by atoms with E-state index < -0.39 is 14.3 Å². The molecule has 0 spiro atoms. The van der Waals surface area contributed by atoms with Gasteiger partial charge in [-0.25, -0.2) is 0 Å². The molecule has 1 aliphatic carbocycles. The third-order valence-corrected chi connectivity index (χ3v) is 13.7. The Morgan fingerprint density at radius 2 is 0.971 bits per heavy atom. The van der Waals surface area contributed by atoms with E-state index in [9.17, 15) is 4.57 Å². The van der Waals surface area contributed by atoms with Gasteiger partial charge < -0.3 is 9.13 Å². The van der Waals surface area contributed by atoms with Gasteiger partial charge in [0, 0.05) is 33.0 Å². The van der Waals surface area contributed by atoms with Crippen molar-refractivity contribution in [3.8, 4) is 0 Å². The van der Waals surface area contributed by atoms with Gasteiger partial charge in [-0.3, -0.25) is 0 Å². The van der Waals surface area contributed by atoms with Crippen molar-refractivity contribution in [2.24, 2.45) is 0 Å². The monoisotopic (exact) mass is 496 g/mol. The van der Waals surface area contributed by atoms with Gasteiger partial charge in [0.15, 0.2) is 0 Å². The van der Waals surface area contributed by atoms with Crippen molar-refractivity contribution < 1.29 is 9.13 Å². The summed E-state index contributed by atoms with van der Waals surface area (Å²) in [6.07, 6.45) is 5.38. The van der Waals surface area contributed by atoms with Gasteiger partial charge in [0.2, 0.25) is 0 Å². The van der Waals surface area contributed by atoms with Crippen molar-refractivity contribution in [3.63, 3.8) is 0 Å². The maximum absolute atomic E-state index is 15.2. The fraction of sp³-hybridized carbons (Fsp3) is 0.161. The molecule has 0 aromatic heterocycles. The summed E-state index contributed by atoms with van der Waals surface area (Å²) in [4.78, 5) is 0. The molecule has 0 fully saturated rings. The fourth-order valence-electron chi connectivity index (χ4n) is 5.24. The first-order valence-electron chi connectivity index (χ1n) is 12.2. The van der Waals surface area contributed by atoms with Crippen molar-refractivity contribution in [2.45, 2.75) is 24.9 Å². The summed E-state index contributed by atoms with van der Waals surface area (Å²) in [7, 11) is -5.99.